The number of carbonyl (C=O) groups is 1. The highest BCUT2D eigenvalue weighted by molar-refractivity contribution is 6.44. The van der Waals surface area contributed by atoms with Crippen molar-refractivity contribution in [2.45, 2.75) is 0 Å². The van der Waals surface area contributed by atoms with Crippen LogP contribution in [0.15, 0.2) is 54.6 Å². The van der Waals surface area contributed by atoms with Crippen LogP contribution in [0.3, 0.4) is 0 Å². The van der Waals surface area contributed by atoms with Gasteiger partial charge in [0, 0.05) is 28.1 Å². The Labute approximate surface area is 170 Å². The third-order valence-electron chi connectivity index (χ3n) is 3.65. The first-order valence-corrected chi connectivity index (χ1v) is 8.98. The predicted octanol–water partition coefficient (Wildman–Crippen LogP) is 6.80. The van der Waals surface area contributed by atoms with Gasteiger partial charge in [0.25, 0.3) is 5.91 Å². The SMILES string of the molecule is Nc1cc(Cl)c(-c2c(Cl)cc(NC(=O)c3ccccc3)cc2Cl)c(Cl)c1. The summed E-state index contributed by atoms with van der Waals surface area (Å²) in [6, 6.07) is 15.1. The van der Waals surface area contributed by atoms with Crippen LogP contribution >= 0.6 is 46.4 Å². The lowest BCUT2D eigenvalue weighted by Gasteiger charge is -2.14. The van der Waals surface area contributed by atoms with Crippen molar-refractivity contribution in [3.8, 4) is 11.1 Å². The van der Waals surface area contributed by atoms with E-state index in [1.165, 1.54) is 0 Å². The molecule has 0 atom stereocenters. The van der Waals surface area contributed by atoms with E-state index in [9.17, 15) is 4.79 Å². The van der Waals surface area contributed by atoms with Gasteiger partial charge in [0.15, 0.2) is 0 Å². The lowest BCUT2D eigenvalue weighted by atomic mass is 10.0. The zero-order chi connectivity index (χ0) is 18.8. The van der Waals surface area contributed by atoms with Crippen LogP contribution in [-0.2, 0) is 0 Å². The van der Waals surface area contributed by atoms with Crippen LogP contribution in [0.1, 0.15) is 10.4 Å². The summed E-state index contributed by atoms with van der Waals surface area (Å²) in [4.78, 5) is 12.3. The summed E-state index contributed by atoms with van der Waals surface area (Å²) < 4.78 is 0. The average Bonchev–Trinajstić information content (AvgIpc) is 2.57. The van der Waals surface area contributed by atoms with Gasteiger partial charge in [-0.2, -0.15) is 0 Å². The third-order valence-corrected chi connectivity index (χ3v) is 4.84. The van der Waals surface area contributed by atoms with Crippen LogP contribution in [-0.4, -0.2) is 5.91 Å². The average molecular weight is 426 g/mol. The number of nitrogen functional groups attached to an aromatic ring is 1. The van der Waals surface area contributed by atoms with Gasteiger partial charge < -0.3 is 11.1 Å². The Bertz CT molecular complexity index is 944. The van der Waals surface area contributed by atoms with Crippen molar-refractivity contribution >= 4 is 63.7 Å². The molecule has 0 spiro atoms. The molecule has 0 radical (unpaired) electrons. The van der Waals surface area contributed by atoms with Gasteiger partial charge in [-0.15, -0.1) is 0 Å². The molecule has 0 unspecified atom stereocenters. The van der Waals surface area contributed by atoms with E-state index in [4.69, 9.17) is 52.1 Å². The molecule has 0 aliphatic carbocycles. The van der Waals surface area contributed by atoms with E-state index >= 15 is 0 Å². The van der Waals surface area contributed by atoms with E-state index in [-0.39, 0.29) is 5.91 Å². The lowest BCUT2D eigenvalue weighted by Crippen LogP contribution is -2.11. The van der Waals surface area contributed by atoms with E-state index in [0.717, 1.165) is 0 Å². The number of nitrogens with two attached hydrogens (primary N) is 1. The fraction of sp³-hybridized carbons (Fsp3) is 0. The number of hydrogen-bond acceptors (Lipinski definition) is 2. The quantitative estimate of drug-likeness (QED) is 0.453. The second kappa shape index (κ2) is 7.77. The van der Waals surface area contributed by atoms with Crippen LogP contribution in [0.4, 0.5) is 11.4 Å². The van der Waals surface area contributed by atoms with E-state index in [1.807, 2.05) is 6.07 Å². The van der Waals surface area contributed by atoms with E-state index in [1.54, 1.807) is 48.5 Å². The van der Waals surface area contributed by atoms with Crippen LogP contribution in [0.25, 0.3) is 11.1 Å². The molecule has 26 heavy (non-hydrogen) atoms. The molecule has 0 heterocycles. The molecule has 7 heteroatoms. The van der Waals surface area contributed by atoms with Crippen molar-refractivity contribution in [1.29, 1.82) is 0 Å². The molecule has 3 aromatic carbocycles. The van der Waals surface area contributed by atoms with Gasteiger partial charge in [-0.3, -0.25) is 4.79 Å². The summed E-state index contributed by atoms with van der Waals surface area (Å²) in [5.74, 6) is -0.269. The van der Waals surface area contributed by atoms with E-state index in [0.29, 0.717) is 48.2 Å². The number of halogens is 4. The maximum Gasteiger partial charge on any atom is 0.255 e. The second-order valence-electron chi connectivity index (χ2n) is 5.49. The molecule has 0 saturated heterocycles. The van der Waals surface area contributed by atoms with Gasteiger partial charge in [-0.25, -0.2) is 0 Å². The largest absolute Gasteiger partial charge is 0.399 e. The first kappa shape index (κ1) is 18.9. The van der Waals surface area contributed by atoms with Crippen molar-refractivity contribution in [3.05, 3.63) is 80.3 Å². The molecule has 3 N–H and O–H groups in total. The van der Waals surface area contributed by atoms with Gasteiger partial charge in [0.2, 0.25) is 0 Å². The summed E-state index contributed by atoms with van der Waals surface area (Å²) in [7, 11) is 0. The summed E-state index contributed by atoms with van der Waals surface area (Å²) in [5, 5.41) is 4.03. The van der Waals surface area contributed by atoms with Gasteiger partial charge in [-0.05, 0) is 36.4 Å². The zero-order valence-corrected chi connectivity index (χ0v) is 16.2. The smallest absolute Gasteiger partial charge is 0.255 e. The maximum absolute atomic E-state index is 12.3. The minimum Gasteiger partial charge on any atom is -0.399 e. The molecule has 0 bridgehead atoms. The van der Waals surface area contributed by atoms with Crippen LogP contribution in [0, 0.1) is 0 Å². The van der Waals surface area contributed by atoms with E-state index < -0.39 is 0 Å². The molecule has 0 saturated carbocycles. The van der Waals surface area contributed by atoms with Gasteiger partial charge in [0.05, 0.1) is 20.1 Å². The minimum atomic E-state index is -0.269. The summed E-state index contributed by atoms with van der Waals surface area (Å²) in [6.07, 6.45) is 0. The van der Waals surface area contributed by atoms with Crippen molar-refractivity contribution in [2.75, 3.05) is 11.1 Å². The molecule has 0 aliphatic heterocycles. The Balaban J connectivity index is 1.99. The Kier molecular flexibility index (Phi) is 5.64. The minimum absolute atomic E-state index is 0.269. The first-order chi connectivity index (χ1) is 12.4. The van der Waals surface area contributed by atoms with Crippen LogP contribution in [0.5, 0.6) is 0 Å². The zero-order valence-electron chi connectivity index (χ0n) is 13.2. The first-order valence-electron chi connectivity index (χ1n) is 7.47. The number of anilines is 2. The number of carbonyl (C=O) groups excluding carboxylic acids is 1. The van der Waals surface area contributed by atoms with Gasteiger partial charge in [-0.1, -0.05) is 64.6 Å². The Morgan fingerprint density at radius 2 is 1.23 bits per heavy atom. The molecule has 0 aromatic heterocycles. The Morgan fingerprint density at radius 3 is 1.73 bits per heavy atom. The van der Waals surface area contributed by atoms with Gasteiger partial charge >= 0.3 is 0 Å². The van der Waals surface area contributed by atoms with Crippen LogP contribution < -0.4 is 11.1 Å². The molecular formula is C19H12Cl4N2O. The maximum atomic E-state index is 12.3. The van der Waals surface area contributed by atoms with Crippen molar-refractivity contribution in [2.24, 2.45) is 0 Å². The Morgan fingerprint density at radius 1 is 0.769 bits per heavy atom. The van der Waals surface area contributed by atoms with Crippen molar-refractivity contribution < 1.29 is 4.79 Å². The molecule has 3 aromatic rings. The number of benzene rings is 3. The second-order valence-corrected chi connectivity index (χ2v) is 7.12. The molecule has 0 fully saturated rings. The molecule has 132 valence electrons. The molecule has 1 amide bonds. The third kappa shape index (κ3) is 3.92. The highest BCUT2D eigenvalue weighted by atomic mass is 35.5. The Hall–Kier alpha value is -1.91. The highest BCUT2D eigenvalue weighted by Crippen LogP contribution is 2.44. The highest BCUT2D eigenvalue weighted by Gasteiger charge is 2.18. The fourth-order valence-corrected chi connectivity index (χ4v) is 3.88. The number of rotatable bonds is 3. The predicted molar refractivity (Wildman–Crippen MR) is 111 cm³/mol. The normalized spacial score (nSPS) is 10.6. The number of amides is 1. The van der Waals surface area contributed by atoms with Crippen LogP contribution in [0.2, 0.25) is 20.1 Å². The van der Waals surface area contributed by atoms with Gasteiger partial charge in [0.1, 0.15) is 0 Å². The molecule has 3 rings (SSSR count). The molecule has 3 nitrogen and oxygen atoms in total. The number of nitrogens with one attached hydrogen (secondary N) is 1. The fourth-order valence-electron chi connectivity index (χ4n) is 2.51. The summed E-state index contributed by atoms with van der Waals surface area (Å²) in [6.45, 7) is 0. The molecular weight excluding hydrogens is 414 g/mol. The monoisotopic (exact) mass is 424 g/mol. The topological polar surface area (TPSA) is 55.1 Å². The molecule has 0 aliphatic rings. The van der Waals surface area contributed by atoms with Crippen molar-refractivity contribution in [3.63, 3.8) is 0 Å². The standard InChI is InChI=1S/C19H12Cl4N2O/c20-13-6-11(24)7-14(21)17(13)18-15(22)8-12(9-16(18)23)25-19(26)10-4-2-1-3-5-10/h1-9H,24H2,(H,25,26). The summed E-state index contributed by atoms with van der Waals surface area (Å²) in [5.41, 5.74) is 8.11. The van der Waals surface area contributed by atoms with E-state index in [2.05, 4.69) is 5.32 Å². The van der Waals surface area contributed by atoms with Crippen molar-refractivity contribution in [1.82, 2.24) is 0 Å². The summed E-state index contributed by atoms with van der Waals surface area (Å²) >= 11 is 25.3. The number of hydrogen-bond donors (Lipinski definition) is 2. The lowest BCUT2D eigenvalue weighted by molar-refractivity contribution is 0.102.